The third kappa shape index (κ3) is 4.28. The molecule has 21 heavy (non-hydrogen) atoms. The Kier molecular flexibility index (Phi) is 5.76. The lowest BCUT2D eigenvalue weighted by Crippen LogP contribution is -2.49. The van der Waals surface area contributed by atoms with Gasteiger partial charge in [-0.15, -0.1) is 0 Å². The summed E-state index contributed by atoms with van der Waals surface area (Å²) in [7, 11) is 1.88. The maximum atomic E-state index is 5.43. The maximum absolute atomic E-state index is 5.43. The number of piperazine rings is 1. The molecule has 6 heteroatoms. The second-order valence-electron chi connectivity index (χ2n) is 5.53. The molecule has 2 rings (SSSR count). The Balaban J connectivity index is 2.08. The number of anilines is 2. The molecule has 0 unspecified atom stereocenters. The summed E-state index contributed by atoms with van der Waals surface area (Å²) in [6, 6.07) is 2.62. The molecular formula is C15H27N5O. The van der Waals surface area contributed by atoms with Gasteiger partial charge in [-0.3, -0.25) is 4.90 Å². The van der Waals surface area contributed by atoms with E-state index < -0.39 is 0 Å². The first-order valence-electron chi connectivity index (χ1n) is 7.76. The van der Waals surface area contributed by atoms with Gasteiger partial charge in [-0.25, -0.2) is 9.97 Å². The average Bonchev–Trinajstić information content (AvgIpc) is 2.52. The van der Waals surface area contributed by atoms with Crippen molar-refractivity contribution in [3.05, 3.63) is 11.9 Å². The molecule has 1 N–H and O–H groups in total. The van der Waals surface area contributed by atoms with E-state index in [1.165, 1.54) is 0 Å². The lowest BCUT2D eigenvalue weighted by molar-refractivity contribution is 0.128. The van der Waals surface area contributed by atoms with Crippen LogP contribution in [0.1, 0.15) is 26.6 Å². The fraction of sp³-hybridized carbons (Fsp3) is 0.733. The number of aromatic nitrogens is 2. The lowest BCUT2D eigenvalue weighted by atomic mass is 10.2. The van der Waals surface area contributed by atoms with E-state index in [1.807, 2.05) is 20.0 Å². The highest BCUT2D eigenvalue weighted by molar-refractivity contribution is 5.49. The second kappa shape index (κ2) is 7.56. The van der Waals surface area contributed by atoms with Crippen molar-refractivity contribution >= 4 is 11.6 Å². The molecule has 0 amide bonds. The summed E-state index contributed by atoms with van der Waals surface area (Å²) in [6.07, 6.45) is 0. The standard InChI is InChI=1S/C15H27N5O/c1-5-21-11-14-17-13(16-4)10-15(18-14)20-8-6-19(7-9-20)12(2)3/h10,12H,5-9,11H2,1-4H3,(H,16,17,18). The number of hydrogen-bond acceptors (Lipinski definition) is 6. The van der Waals surface area contributed by atoms with Crippen LogP contribution < -0.4 is 10.2 Å². The fourth-order valence-electron chi connectivity index (χ4n) is 2.50. The molecule has 0 atom stereocenters. The van der Waals surface area contributed by atoms with Gasteiger partial charge in [-0.05, 0) is 20.8 Å². The minimum atomic E-state index is 0.463. The number of rotatable bonds is 6. The topological polar surface area (TPSA) is 53.5 Å². The number of ether oxygens (including phenoxy) is 1. The molecule has 118 valence electrons. The smallest absolute Gasteiger partial charge is 0.158 e. The van der Waals surface area contributed by atoms with Crippen LogP contribution in [0.2, 0.25) is 0 Å². The summed E-state index contributed by atoms with van der Waals surface area (Å²) in [5.41, 5.74) is 0. The third-order valence-electron chi connectivity index (χ3n) is 3.82. The zero-order chi connectivity index (χ0) is 15.2. The largest absolute Gasteiger partial charge is 0.374 e. The molecule has 1 aromatic rings. The molecule has 1 fully saturated rings. The fourth-order valence-corrected chi connectivity index (χ4v) is 2.50. The predicted octanol–water partition coefficient (Wildman–Crippen LogP) is 1.59. The summed E-state index contributed by atoms with van der Waals surface area (Å²) in [5.74, 6) is 2.58. The Bertz CT molecular complexity index is 444. The van der Waals surface area contributed by atoms with Gasteiger partial charge in [0.25, 0.3) is 0 Å². The second-order valence-corrected chi connectivity index (χ2v) is 5.53. The Hall–Kier alpha value is -1.40. The number of hydrogen-bond donors (Lipinski definition) is 1. The van der Waals surface area contributed by atoms with Crippen LogP contribution in [0.25, 0.3) is 0 Å². The van der Waals surface area contributed by atoms with Crippen LogP contribution in [0.3, 0.4) is 0 Å². The van der Waals surface area contributed by atoms with E-state index in [4.69, 9.17) is 4.74 Å². The Morgan fingerprint density at radius 3 is 2.52 bits per heavy atom. The van der Waals surface area contributed by atoms with Gasteiger partial charge in [-0.2, -0.15) is 0 Å². The Labute approximate surface area is 127 Å². The molecular weight excluding hydrogens is 266 g/mol. The Morgan fingerprint density at radius 2 is 1.95 bits per heavy atom. The minimum absolute atomic E-state index is 0.463. The average molecular weight is 293 g/mol. The van der Waals surface area contributed by atoms with Crippen LogP contribution >= 0.6 is 0 Å². The normalized spacial score (nSPS) is 16.5. The van der Waals surface area contributed by atoms with Gasteiger partial charge in [0.05, 0.1) is 0 Å². The summed E-state index contributed by atoms with van der Waals surface area (Å²) < 4.78 is 5.43. The van der Waals surface area contributed by atoms with Crippen molar-refractivity contribution in [1.29, 1.82) is 0 Å². The van der Waals surface area contributed by atoms with Gasteiger partial charge >= 0.3 is 0 Å². The van der Waals surface area contributed by atoms with Gasteiger partial charge in [0.2, 0.25) is 0 Å². The predicted molar refractivity (Wildman–Crippen MR) is 85.8 cm³/mol. The summed E-state index contributed by atoms with van der Waals surface area (Å²) >= 11 is 0. The quantitative estimate of drug-likeness (QED) is 0.859. The molecule has 0 spiro atoms. The highest BCUT2D eigenvalue weighted by atomic mass is 16.5. The van der Waals surface area contributed by atoms with Crippen LogP contribution in [-0.4, -0.2) is 60.7 Å². The number of nitrogens with one attached hydrogen (secondary N) is 1. The van der Waals surface area contributed by atoms with Crippen molar-refractivity contribution in [2.24, 2.45) is 0 Å². The van der Waals surface area contributed by atoms with Gasteiger partial charge in [0, 0.05) is 51.9 Å². The first-order chi connectivity index (χ1) is 10.1. The van der Waals surface area contributed by atoms with Crippen molar-refractivity contribution in [3.63, 3.8) is 0 Å². The van der Waals surface area contributed by atoms with Crippen LogP contribution in [-0.2, 0) is 11.3 Å². The van der Waals surface area contributed by atoms with Gasteiger partial charge in [0.15, 0.2) is 5.82 Å². The molecule has 1 saturated heterocycles. The highest BCUT2D eigenvalue weighted by Crippen LogP contribution is 2.18. The van der Waals surface area contributed by atoms with Crippen LogP contribution in [0.5, 0.6) is 0 Å². The van der Waals surface area contributed by atoms with Crippen molar-refractivity contribution in [2.75, 3.05) is 50.1 Å². The van der Waals surface area contributed by atoms with E-state index in [-0.39, 0.29) is 0 Å². The number of nitrogens with zero attached hydrogens (tertiary/aromatic N) is 4. The van der Waals surface area contributed by atoms with Gasteiger partial charge in [0.1, 0.15) is 18.2 Å². The zero-order valence-corrected chi connectivity index (χ0v) is 13.6. The van der Waals surface area contributed by atoms with Crippen LogP contribution in [0.15, 0.2) is 6.07 Å². The van der Waals surface area contributed by atoms with Crippen LogP contribution in [0.4, 0.5) is 11.6 Å². The Morgan fingerprint density at radius 1 is 1.24 bits per heavy atom. The van der Waals surface area contributed by atoms with Gasteiger partial charge < -0.3 is 15.0 Å². The molecule has 0 radical (unpaired) electrons. The van der Waals surface area contributed by atoms with Crippen LogP contribution in [0, 0.1) is 0 Å². The van der Waals surface area contributed by atoms with E-state index in [0.717, 1.165) is 43.6 Å². The molecule has 0 saturated carbocycles. The molecule has 0 aliphatic carbocycles. The van der Waals surface area contributed by atoms with Crippen molar-refractivity contribution < 1.29 is 4.74 Å². The molecule has 2 heterocycles. The molecule has 1 aliphatic heterocycles. The molecule has 0 aromatic carbocycles. The maximum Gasteiger partial charge on any atom is 0.158 e. The van der Waals surface area contributed by atoms with E-state index in [0.29, 0.717) is 19.3 Å². The molecule has 1 aliphatic rings. The monoisotopic (exact) mass is 293 g/mol. The summed E-state index contributed by atoms with van der Waals surface area (Å²) in [5, 5.41) is 3.11. The minimum Gasteiger partial charge on any atom is -0.374 e. The van der Waals surface area contributed by atoms with E-state index in [9.17, 15) is 0 Å². The van der Waals surface area contributed by atoms with E-state index >= 15 is 0 Å². The van der Waals surface area contributed by atoms with Crippen molar-refractivity contribution in [3.8, 4) is 0 Å². The highest BCUT2D eigenvalue weighted by Gasteiger charge is 2.20. The van der Waals surface area contributed by atoms with Crippen molar-refractivity contribution in [1.82, 2.24) is 14.9 Å². The SMILES string of the molecule is CCOCc1nc(NC)cc(N2CCN(C(C)C)CC2)n1. The van der Waals surface area contributed by atoms with Gasteiger partial charge in [-0.1, -0.05) is 0 Å². The molecule has 0 bridgehead atoms. The van der Waals surface area contributed by atoms with E-state index in [1.54, 1.807) is 0 Å². The lowest BCUT2D eigenvalue weighted by Gasteiger charge is -2.37. The molecule has 1 aromatic heterocycles. The van der Waals surface area contributed by atoms with Crippen molar-refractivity contribution in [2.45, 2.75) is 33.4 Å². The summed E-state index contributed by atoms with van der Waals surface area (Å²) in [6.45, 7) is 11.8. The summed E-state index contributed by atoms with van der Waals surface area (Å²) in [4.78, 5) is 13.9. The zero-order valence-electron chi connectivity index (χ0n) is 13.6. The first kappa shape index (κ1) is 16.0. The molecule has 6 nitrogen and oxygen atoms in total. The first-order valence-corrected chi connectivity index (χ1v) is 7.76. The third-order valence-corrected chi connectivity index (χ3v) is 3.82. The van der Waals surface area contributed by atoms with E-state index in [2.05, 4.69) is 38.9 Å².